The first kappa shape index (κ1) is 27.3. The Hall–Kier alpha value is -3.30. The second-order valence-electron chi connectivity index (χ2n) is 8.44. The minimum atomic E-state index is -0.357. The Bertz CT molecular complexity index is 1200. The summed E-state index contributed by atoms with van der Waals surface area (Å²) < 4.78 is 7.17. The topological polar surface area (TPSA) is 98.1 Å². The number of amides is 2. The number of methoxy groups -OCH3 is 1. The number of ether oxygens (including phenoxy) is 1. The molecule has 0 saturated heterocycles. The van der Waals surface area contributed by atoms with Crippen LogP contribution in [0.4, 0.5) is 5.69 Å². The van der Waals surface area contributed by atoms with Crippen LogP contribution in [0.15, 0.2) is 66.3 Å². The van der Waals surface area contributed by atoms with E-state index < -0.39 is 0 Å². The first-order chi connectivity index (χ1) is 17.3. The number of nitrogens with zero attached hydrogens (tertiary/aromatic N) is 3. The Morgan fingerprint density at radius 3 is 2.61 bits per heavy atom. The molecule has 1 atom stereocenters. The van der Waals surface area contributed by atoms with Crippen molar-refractivity contribution in [3.05, 3.63) is 77.6 Å². The van der Waals surface area contributed by atoms with Gasteiger partial charge in [-0.3, -0.25) is 9.59 Å². The fraction of sp³-hybridized carbons (Fsp3) is 0.308. The molecule has 0 saturated carbocycles. The minimum Gasteiger partial charge on any atom is -0.495 e. The number of rotatable bonds is 12. The van der Waals surface area contributed by atoms with Gasteiger partial charge in [-0.15, -0.1) is 16.8 Å². The molecule has 10 heteroatoms. The molecule has 0 spiro atoms. The minimum absolute atomic E-state index is 0.0934. The number of halogens is 1. The maximum atomic E-state index is 12.9. The lowest BCUT2D eigenvalue weighted by Crippen LogP contribution is -2.31. The van der Waals surface area contributed by atoms with Crippen molar-refractivity contribution in [3.8, 4) is 5.75 Å². The van der Waals surface area contributed by atoms with Gasteiger partial charge in [-0.1, -0.05) is 61.5 Å². The first-order valence-corrected chi connectivity index (χ1v) is 12.8. The molecule has 190 valence electrons. The molecule has 2 N–H and O–H groups in total. The number of hydrogen-bond acceptors (Lipinski definition) is 6. The summed E-state index contributed by atoms with van der Waals surface area (Å²) in [6.45, 7) is 8.45. The highest BCUT2D eigenvalue weighted by Gasteiger charge is 2.25. The van der Waals surface area contributed by atoms with Gasteiger partial charge in [0, 0.05) is 17.1 Å². The number of aromatic nitrogens is 3. The molecule has 1 unspecified atom stereocenters. The molecule has 2 amide bonds. The van der Waals surface area contributed by atoms with Crippen molar-refractivity contribution in [2.75, 3.05) is 18.2 Å². The molecule has 0 aliphatic carbocycles. The molecule has 0 bridgehead atoms. The first-order valence-electron chi connectivity index (χ1n) is 11.5. The Kier molecular flexibility index (Phi) is 9.95. The molecule has 1 aromatic heterocycles. The molecule has 0 radical (unpaired) electrons. The van der Waals surface area contributed by atoms with Gasteiger partial charge in [-0.25, -0.2) is 0 Å². The van der Waals surface area contributed by atoms with Gasteiger partial charge in [-0.2, -0.15) is 0 Å². The molecule has 3 rings (SSSR count). The van der Waals surface area contributed by atoms with Gasteiger partial charge < -0.3 is 19.9 Å². The van der Waals surface area contributed by atoms with Crippen LogP contribution in [0.1, 0.15) is 42.5 Å². The van der Waals surface area contributed by atoms with Crippen molar-refractivity contribution in [3.63, 3.8) is 0 Å². The van der Waals surface area contributed by atoms with Gasteiger partial charge >= 0.3 is 0 Å². The largest absolute Gasteiger partial charge is 0.495 e. The lowest BCUT2D eigenvalue weighted by atomic mass is 10.0. The molecule has 2 aromatic carbocycles. The highest BCUT2D eigenvalue weighted by atomic mass is 35.5. The maximum absolute atomic E-state index is 12.9. The van der Waals surface area contributed by atoms with Crippen molar-refractivity contribution >= 4 is 40.9 Å². The van der Waals surface area contributed by atoms with Gasteiger partial charge in [0.15, 0.2) is 11.0 Å². The number of nitrogens with one attached hydrogen (secondary N) is 2. The molecular formula is C26H30ClN5O3S. The lowest BCUT2D eigenvalue weighted by Gasteiger charge is -2.21. The second-order valence-corrected chi connectivity index (χ2v) is 9.82. The highest BCUT2D eigenvalue weighted by molar-refractivity contribution is 7.99. The van der Waals surface area contributed by atoms with E-state index in [1.165, 1.54) is 18.9 Å². The number of carbonyl (C=O) groups is 2. The summed E-state index contributed by atoms with van der Waals surface area (Å²) in [4.78, 5) is 25.5. The number of hydrogen-bond donors (Lipinski definition) is 2. The van der Waals surface area contributed by atoms with E-state index in [1.807, 2.05) is 22.8 Å². The third kappa shape index (κ3) is 7.35. The predicted molar refractivity (Wildman–Crippen MR) is 144 cm³/mol. The number of allylic oxidation sites excluding steroid dienone is 1. The summed E-state index contributed by atoms with van der Waals surface area (Å²) in [5, 5.41) is 15.7. The van der Waals surface area contributed by atoms with Crippen LogP contribution in [0.3, 0.4) is 0 Å². The smallest absolute Gasteiger partial charge is 0.251 e. The fourth-order valence-electron chi connectivity index (χ4n) is 3.59. The third-order valence-electron chi connectivity index (χ3n) is 5.19. The summed E-state index contributed by atoms with van der Waals surface area (Å²) in [6, 6.07) is 13.7. The maximum Gasteiger partial charge on any atom is 0.251 e. The quantitative estimate of drug-likeness (QED) is 0.242. The van der Waals surface area contributed by atoms with Crippen LogP contribution in [0.25, 0.3) is 0 Å². The SMILES string of the molecule is C=CCn1c(SCC(=O)Nc2cc(Cl)ccc2OC)nnc1C(CC(C)C)NC(=O)c1ccccc1. The molecule has 0 aliphatic heterocycles. The Morgan fingerprint density at radius 1 is 1.19 bits per heavy atom. The van der Waals surface area contributed by atoms with E-state index in [-0.39, 0.29) is 23.6 Å². The molecule has 8 nitrogen and oxygen atoms in total. The average molecular weight is 528 g/mol. The lowest BCUT2D eigenvalue weighted by molar-refractivity contribution is -0.113. The van der Waals surface area contributed by atoms with Gasteiger partial charge in [0.1, 0.15) is 5.75 Å². The summed E-state index contributed by atoms with van der Waals surface area (Å²) in [7, 11) is 1.52. The fourth-order valence-corrected chi connectivity index (χ4v) is 4.52. The normalized spacial score (nSPS) is 11.7. The van der Waals surface area contributed by atoms with E-state index in [1.54, 1.807) is 36.4 Å². The highest BCUT2D eigenvalue weighted by Crippen LogP contribution is 2.29. The van der Waals surface area contributed by atoms with Crippen molar-refractivity contribution in [1.82, 2.24) is 20.1 Å². The Labute approximate surface area is 220 Å². The van der Waals surface area contributed by atoms with E-state index in [0.717, 1.165) is 0 Å². The van der Waals surface area contributed by atoms with E-state index in [0.29, 0.717) is 51.9 Å². The number of benzene rings is 2. The van der Waals surface area contributed by atoms with Crippen LogP contribution in [0.5, 0.6) is 5.75 Å². The Balaban J connectivity index is 1.77. The van der Waals surface area contributed by atoms with Gasteiger partial charge in [0.25, 0.3) is 5.91 Å². The van der Waals surface area contributed by atoms with Crippen LogP contribution in [-0.2, 0) is 11.3 Å². The summed E-state index contributed by atoms with van der Waals surface area (Å²) >= 11 is 7.30. The average Bonchev–Trinajstić information content (AvgIpc) is 3.25. The van der Waals surface area contributed by atoms with Gasteiger partial charge in [0.05, 0.1) is 24.6 Å². The predicted octanol–water partition coefficient (Wildman–Crippen LogP) is 5.37. The zero-order valence-corrected chi connectivity index (χ0v) is 22.1. The van der Waals surface area contributed by atoms with Gasteiger partial charge in [-0.05, 0) is 42.7 Å². The molecule has 1 heterocycles. The molecule has 36 heavy (non-hydrogen) atoms. The van der Waals surface area contributed by atoms with Crippen LogP contribution in [-0.4, -0.2) is 39.4 Å². The van der Waals surface area contributed by atoms with Crippen LogP contribution < -0.4 is 15.4 Å². The Morgan fingerprint density at radius 2 is 1.94 bits per heavy atom. The van der Waals surface area contributed by atoms with E-state index in [4.69, 9.17) is 16.3 Å². The van der Waals surface area contributed by atoms with Crippen LogP contribution in [0.2, 0.25) is 5.02 Å². The molecular weight excluding hydrogens is 498 g/mol. The molecule has 0 aliphatic rings. The zero-order chi connectivity index (χ0) is 26.1. The standard InChI is InChI=1S/C26H30ClN5O3S/c1-5-13-32-24(21(14-17(2)3)29-25(34)18-9-7-6-8-10-18)30-31-26(32)36-16-23(33)28-20-15-19(27)11-12-22(20)35-4/h5-12,15,17,21H,1,13-14,16H2,2-4H3,(H,28,33)(H,29,34). The molecule has 0 fully saturated rings. The van der Waals surface area contributed by atoms with Gasteiger partial charge in [0.2, 0.25) is 5.91 Å². The number of carbonyl (C=O) groups excluding carboxylic acids is 2. The van der Waals surface area contributed by atoms with E-state index in [2.05, 4.69) is 41.3 Å². The third-order valence-corrected chi connectivity index (χ3v) is 6.39. The van der Waals surface area contributed by atoms with Crippen LogP contribution >= 0.6 is 23.4 Å². The van der Waals surface area contributed by atoms with Crippen LogP contribution in [0, 0.1) is 5.92 Å². The number of thioether (sulfide) groups is 1. The van der Waals surface area contributed by atoms with Crippen molar-refractivity contribution in [1.29, 1.82) is 0 Å². The van der Waals surface area contributed by atoms with Crippen molar-refractivity contribution in [2.45, 2.75) is 38.0 Å². The molecule has 3 aromatic rings. The summed E-state index contributed by atoms with van der Waals surface area (Å²) in [5.74, 6) is 1.10. The number of anilines is 1. The van der Waals surface area contributed by atoms with Crippen molar-refractivity contribution < 1.29 is 14.3 Å². The van der Waals surface area contributed by atoms with Crippen molar-refractivity contribution in [2.24, 2.45) is 5.92 Å². The zero-order valence-electron chi connectivity index (χ0n) is 20.5. The summed E-state index contributed by atoms with van der Waals surface area (Å²) in [5.41, 5.74) is 1.06. The second kappa shape index (κ2) is 13.1. The van der Waals surface area contributed by atoms with E-state index >= 15 is 0 Å². The monoisotopic (exact) mass is 527 g/mol. The summed E-state index contributed by atoms with van der Waals surface area (Å²) in [6.07, 6.45) is 2.41. The van der Waals surface area contributed by atoms with E-state index in [9.17, 15) is 9.59 Å².